The van der Waals surface area contributed by atoms with E-state index in [-0.39, 0.29) is 18.9 Å². The second kappa shape index (κ2) is 7.83. The molecule has 0 atom stereocenters. The van der Waals surface area contributed by atoms with Gasteiger partial charge in [0.05, 0.1) is 6.42 Å². The minimum Gasteiger partial charge on any atom is -0.484 e. The van der Waals surface area contributed by atoms with Crippen molar-refractivity contribution in [3.63, 3.8) is 0 Å². The van der Waals surface area contributed by atoms with Crippen LogP contribution in [0.15, 0.2) is 42.5 Å². The molecule has 0 spiro atoms. The highest BCUT2D eigenvalue weighted by Gasteiger charge is 2.12. The quantitative estimate of drug-likeness (QED) is 0.847. The normalized spacial score (nSPS) is 13.0. The van der Waals surface area contributed by atoms with E-state index in [1.54, 1.807) is 24.3 Å². The number of aryl methyl sites for hydroxylation is 2. The molecule has 2 aromatic rings. The molecule has 1 aliphatic rings. The van der Waals surface area contributed by atoms with Gasteiger partial charge in [0.2, 0.25) is 0 Å². The summed E-state index contributed by atoms with van der Waals surface area (Å²) in [5.41, 5.74) is 3.74. The van der Waals surface area contributed by atoms with E-state index < -0.39 is 5.97 Å². The number of rotatable bonds is 6. The Morgan fingerprint density at radius 1 is 1.04 bits per heavy atom. The molecule has 1 amide bonds. The fourth-order valence-corrected chi connectivity index (χ4v) is 3.09. The summed E-state index contributed by atoms with van der Waals surface area (Å²) < 4.78 is 5.60. The fourth-order valence-electron chi connectivity index (χ4n) is 3.09. The Balaban J connectivity index is 1.59. The number of hydrogen-bond donors (Lipinski definition) is 2. The number of carboxylic acid groups (broad SMARTS) is 1. The first-order valence-corrected chi connectivity index (χ1v) is 8.46. The van der Waals surface area contributed by atoms with Crippen LogP contribution < -0.4 is 10.1 Å². The van der Waals surface area contributed by atoms with Gasteiger partial charge >= 0.3 is 5.97 Å². The van der Waals surface area contributed by atoms with Crippen molar-refractivity contribution in [2.45, 2.75) is 32.1 Å². The zero-order valence-corrected chi connectivity index (χ0v) is 14.0. The lowest BCUT2D eigenvalue weighted by Crippen LogP contribution is -2.21. The van der Waals surface area contributed by atoms with E-state index in [1.165, 1.54) is 24.0 Å². The molecule has 0 radical (unpaired) electrons. The molecule has 5 nitrogen and oxygen atoms in total. The van der Waals surface area contributed by atoms with Crippen LogP contribution in [0.2, 0.25) is 0 Å². The van der Waals surface area contributed by atoms with Crippen molar-refractivity contribution in [2.24, 2.45) is 0 Å². The Morgan fingerprint density at radius 2 is 1.80 bits per heavy atom. The van der Waals surface area contributed by atoms with Crippen molar-refractivity contribution in [2.75, 3.05) is 11.9 Å². The highest BCUT2D eigenvalue weighted by molar-refractivity contribution is 5.93. The first-order chi connectivity index (χ1) is 12.1. The number of nitrogens with one attached hydrogen (secondary N) is 1. The molecule has 0 aliphatic heterocycles. The Kier molecular flexibility index (Phi) is 5.33. The maximum atomic E-state index is 12.1. The summed E-state index contributed by atoms with van der Waals surface area (Å²) in [7, 11) is 0. The van der Waals surface area contributed by atoms with Crippen molar-refractivity contribution in [3.8, 4) is 5.75 Å². The van der Waals surface area contributed by atoms with E-state index >= 15 is 0 Å². The molecule has 2 N–H and O–H groups in total. The van der Waals surface area contributed by atoms with Gasteiger partial charge in [0.15, 0.2) is 6.61 Å². The smallest absolute Gasteiger partial charge is 0.307 e. The van der Waals surface area contributed by atoms with Crippen molar-refractivity contribution < 1.29 is 19.4 Å². The standard InChI is InChI=1S/C20H21NO4/c22-19(21-18-8-4-3-7-16(18)12-20(23)24)13-25-17-10-9-14-5-1-2-6-15(14)11-17/h3-4,7-11H,1-2,5-6,12-13H2,(H,21,22)(H,23,24). The molecule has 0 heterocycles. The van der Waals surface area contributed by atoms with Crippen LogP contribution in [-0.4, -0.2) is 23.6 Å². The van der Waals surface area contributed by atoms with Gasteiger partial charge in [0.25, 0.3) is 5.91 Å². The number of anilines is 1. The van der Waals surface area contributed by atoms with E-state index in [4.69, 9.17) is 9.84 Å². The zero-order valence-electron chi connectivity index (χ0n) is 14.0. The average Bonchev–Trinajstić information content (AvgIpc) is 2.61. The van der Waals surface area contributed by atoms with Gasteiger partial charge in [-0.15, -0.1) is 0 Å². The molecule has 0 bridgehead atoms. The maximum Gasteiger partial charge on any atom is 0.307 e. The molecule has 0 saturated carbocycles. The maximum absolute atomic E-state index is 12.1. The molecule has 5 heteroatoms. The van der Waals surface area contributed by atoms with Crippen LogP contribution in [0.3, 0.4) is 0 Å². The van der Waals surface area contributed by atoms with Gasteiger partial charge in [-0.3, -0.25) is 9.59 Å². The highest BCUT2D eigenvalue weighted by Crippen LogP contribution is 2.25. The Hall–Kier alpha value is -2.82. The number of carbonyl (C=O) groups excluding carboxylic acids is 1. The minimum atomic E-state index is -0.938. The molecular formula is C20H21NO4. The first-order valence-electron chi connectivity index (χ1n) is 8.46. The number of aliphatic carboxylic acids is 1. The predicted molar refractivity (Wildman–Crippen MR) is 95.0 cm³/mol. The largest absolute Gasteiger partial charge is 0.484 e. The lowest BCUT2D eigenvalue weighted by atomic mass is 9.92. The second-order valence-corrected chi connectivity index (χ2v) is 6.20. The molecule has 130 valence electrons. The first kappa shape index (κ1) is 17.0. The Morgan fingerprint density at radius 3 is 2.60 bits per heavy atom. The summed E-state index contributed by atoms with van der Waals surface area (Å²) in [6, 6.07) is 12.9. The van der Waals surface area contributed by atoms with Gasteiger partial charge < -0.3 is 15.2 Å². The molecule has 0 saturated heterocycles. The van der Waals surface area contributed by atoms with Gasteiger partial charge in [-0.2, -0.15) is 0 Å². The summed E-state index contributed by atoms with van der Waals surface area (Å²) in [6.45, 7) is -0.111. The molecule has 0 fully saturated rings. The van der Waals surface area contributed by atoms with Gasteiger partial charge in [-0.25, -0.2) is 0 Å². The lowest BCUT2D eigenvalue weighted by Gasteiger charge is -2.17. The summed E-state index contributed by atoms with van der Waals surface area (Å²) in [5, 5.41) is 11.7. The monoisotopic (exact) mass is 339 g/mol. The van der Waals surface area contributed by atoms with Crippen LogP contribution in [0, 0.1) is 0 Å². The lowest BCUT2D eigenvalue weighted by molar-refractivity contribution is -0.136. The predicted octanol–water partition coefficient (Wildman–Crippen LogP) is 3.21. The van der Waals surface area contributed by atoms with E-state index in [1.807, 2.05) is 12.1 Å². The summed E-state index contributed by atoms with van der Waals surface area (Å²) in [6.07, 6.45) is 4.45. The molecule has 2 aromatic carbocycles. The summed E-state index contributed by atoms with van der Waals surface area (Å²) in [4.78, 5) is 23.0. The molecule has 25 heavy (non-hydrogen) atoms. The number of para-hydroxylation sites is 1. The van der Waals surface area contributed by atoms with Crippen molar-refractivity contribution in [1.29, 1.82) is 0 Å². The van der Waals surface area contributed by atoms with Crippen molar-refractivity contribution >= 4 is 17.6 Å². The van der Waals surface area contributed by atoms with Crippen LogP contribution in [0.1, 0.15) is 29.5 Å². The number of carbonyl (C=O) groups is 2. The van der Waals surface area contributed by atoms with Crippen LogP contribution in [-0.2, 0) is 28.9 Å². The van der Waals surface area contributed by atoms with Crippen LogP contribution in [0.4, 0.5) is 5.69 Å². The molecular weight excluding hydrogens is 318 g/mol. The molecule has 3 rings (SSSR count). The van der Waals surface area contributed by atoms with Gasteiger partial charge in [-0.05, 0) is 60.6 Å². The minimum absolute atomic E-state index is 0.111. The van der Waals surface area contributed by atoms with E-state index in [0.29, 0.717) is 17.0 Å². The van der Waals surface area contributed by atoms with Crippen LogP contribution in [0.5, 0.6) is 5.75 Å². The summed E-state index contributed by atoms with van der Waals surface area (Å²) in [5.74, 6) is -0.558. The number of hydrogen-bond acceptors (Lipinski definition) is 3. The number of benzene rings is 2. The summed E-state index contributed by atoms with van der Waals surface area (Å²) >= 11 is 0. The van der Waals surface area contributed by atoms with Crippen LogP contribution >= 0.6 is 0 Å². The second-order valence-electron chi connectivity index (χ2n) is 6.20. The van der Waals surface area contributed by atoms with E-state index in [2.05, 4.69) is 11.4 Å². The zero-order chi connectivity index (χ0) is 17.6. The topological polar surface area (TPSA) is 75.6 Å². The van der Waals surface area contributed by atoms with Crippen LogP contribution in [0.25, 0.3) is 0 Å². The van der Waals surface area contributed by atoms with Gasteiger partial charge in [-0.1, -0.05) is 24.3 Å². The molecule has 0 unspecified atom stereocenters. The molecule has 1 aliphatic carbocycles. The Bertz CT molecular complexity index is 785. The Labute approximate surface area is 146 Å². The average molecular weight is 339 g/mol. The SMILES string of the molecule is O=C(O)Cc1ccccc1NC(=O)COc1ccc2c(c1)CCCC2. The highest BCUT2D eigenvalue weighted by atomic mass is 16.5. The van der Waals surface area contributed by atoms with E-state index in [0.717, 1.165) is 12.8 Å². The van der Waals surface area contributed by atoms with E-state index in [9.17, 15) is 9.59 Å². The van der Waals surface area contributed by atoms with Gasteiger partial charge in [0.1, 0.15) is 5.75 Å². The number of amides is 1. The fraction of sp³-hybridized carbons (Fsp3) is 0.300. The number of ether oxygens (including phenoxy) is 1. The van der Waals surface area contributed by atoms with Crippen molar-refractivity contribution in [3.05, 3.63) is 59.2 Å². The third kappa shape index (κ3) is 4.59. The third-order valence-corrected chi connectivity index (χ3v) is 4.32. The number of carboxylic acids is 1. The van der Waals surface area contributed by atoms with Crippen molar-refractivity contribution in [1.82, 2.24) is 0 Å². The molecule has 0 aromatic heterocycles. The third-order valence-electron chi connectivity index (χ3n) is 4.32. The van der Waals surface area contributed by atoms with Gasteiger partial charge in [0, 0.05) is 5.69 Å². The number of fused-ring (bicyclic) bond motifs is 1.